The zero-order chi connectivity index (χ0) is 16.8. The van der Waals surface area contributed by atoms with Gasteiger partial charge in [-0.05, 0) is 5.56 Å². The van der Waals surface area contributed by atoms with Gasteiger partial charge in [0.25, 0.3) is 0 Å². The summed E-state index contributed by atoms with van der Waals surface area (Å²) in [7, 11) is 0. The Bertz CT molecular complexity index is 800. The van der Waals surface area contributed by atoms with Gasteiger partial charge >= 0.3 is 0 Å². The molecule has 1 aromatic carbocycles. The van der Waals surface area contributed by atoms with Gasteiger partial charge in [0.1, 0.15) is 5.82 Å². The second kappa shape index (κ2) is 7.78. The highest BCUT2D eigenvalue weighted by atomic mass is 32.2. The molecule has 0 atom stereocenters. The fraction of sp³-hybridized carbons (Fsp3) is 0.250. The quantitative estimate of drug-likeness (QED) is 0.709. The number of anilines is 1. The first kappa shape index (κ1) is 16.3. The Kier molecular flexibility index (Phi) is 5.27. The summed E-state index contributed by atoms with van der Waals surface area (Å²) in [5, 5.41) is 10.9. The summed E-state index contributed by atoms with van der Waals surface area (Å²) < 4.78 is 6.66. The molecule has 0 fully saturated rings. The Morgan fingerprint density at radius 1 is 1.29 bits per heavy atom. The van der Waals surface area contributed by atoms with E-state index in [2.05, 4.69) is 20.6 Å². The van der Waals surface area contributed by atoms with Crippen LogP contribution in [-0.2, 0) is 17.1 Å². The van der Waals surface area contributed by atoms with Crippen molar-refractivity contribution >= 4 is 23.5 Å². The van der Waals surface area contributed by atoms with E-state index in [1.807, 2.05) is 30.3 Å². The highest BCUT2D eigenvalue weighted by Gasteiger charge is 2.09. The Morgan fingerprint density at radius 2 is 2.12 bits per heavy atom. The maximum Gasteiger partial charge on any atom is 0.235 e. The zero-order valence-electron chi connectivity index (χ0n) is 13.2. The van der Waals surface area contributed by atoms with Crippen LogP contribution in [-0.4, -0.2) is 31.6 Å². The number of carbonyl (C=O) groups is 1. The van der Waals surface area contributed by atoms with Gasteiger partial charge in [0.05, 0.1) is 24.2 Å². The topological polar surface area (TPSA) is 85.8 Å². The van der Waals surface area contributed by atoms with Crippen LogP contribution in [0.25, 0.3) is 0 Å². The molecule has 1 amide bonds. The summed E-state index contributed by atoms with van der Waals surface area (Å²) in [5.74, 6) is 2.56. The molecule has 0 unspecified atom stereocenters. The number of nitrogens with one attached hydrogen (secondary N) is 1. The molecule has 2 aromatic heterocycles. The van der Waals surface area contributed by atoms with Crippen molar-refractivity contribution in [1.82, 2.24) is 19.9 Å². The molecule has 0 saturated heterocycles. The Hall–Kier alpha value is -2.61. The molecular formula is C16H17N5O2S. The lowest BCUT2D eigenvalue weighted by Crippen LogP contribution is -2.18. The van der Waals surface area contributed by atoms with E-state index in [1.54, 1.807) is 23.9 Å². The van der Waals surface area contributed by atoms with Gasteiger partial charge in [-0.15, -0.1) is 11.8 Å². The normalized spacial score (nSPS) is 10.7. The third kappa shape index (κ3) is 4.45. The molecular weight excluding hydrogens is 326 g/mol. The van der Waals surface area contributed by atoms with Crippen molar-refractivity contribution in [1.29, 1.82) is 0 Å². The minimum Gasteiger partial charge on any atom is -0.340 e. The van der Waals surface area contributed by atoms with Crippen LogP contribution in [0.1, 0.15) is 17.3 Å². The van der Waals surface area contributed by atoms with Crippen molar-refractivity contribution in [2.75, 3.05) is 11.1 Å². The molecule has 1 N–H and O–H groups in total. The maximum absolute atomic E-state index is 12.1. The first-order valence-electron chi connectivity index (χ1n) is 7.43. The van der Waals surface area contributed by atoms with Crippen LogP contribution in [0.15, 0.2) is 47.1 Å². The molecule has 8 heteroatoms. The van der Waals surface area contributed by atoms with E-state index in [4.69, 9.17) is 4.52 Å². The average Bonchev–Trinajstić information content (AvgIpc) is 3.18. The molecule has 0 aliphatic heterocycles. The molecule has 0 saturated carbocycles. The van der Waals surface area contributed by atoms with Crippen LogP contribution in [0, 0.1) is 6.92 Å². The Morgan fingerprint density at radius 3 is 2.88 bits per heavy atom. The number of nitrogens with zero attached hydrogens (tertiary/aromatic N) is 4. The van der Waals surface area contributed by atoms with E-state index >= 15 is 0 Å². The predicted octanol–water partition coefficient (Wildman–Crippen LogP) is 2.49. The number of amides is 1. The first-order chi connectivity index (χ1) is 11.7. The lowest BCUT2D eigenvalue weighted by atomic mass is 10.2. The molecule has 0 spiro atoms. The van der Waals surface area contributed by atoms with Crippen molar-refractivity contribution in [3.63, 3.8) is 0 Å². The number of aromatic nitrogens is 4. The fourth-order valence-corrected chi connectivity index (χ4v) is 2.79. The fourth-order valence-electron chi connectivity index (χ4n) is 2.14. The van der Waals surface area contributed by atoms with E-state index < -0.39 is 0 Å². The van der Waals surface area contributed by atoms with Crippen molar-refractivity contribution in [3.05, 3.63) is 59.9 Å². The molecule has 7 nitrogen and oxygen atoms in total. The van der Waals surface area contributed by atoms with Crippen molar-refractivity contribution < 1.29 is 9.32 Å². The summed E-state index contributed by atoms with van der Waals surface area (Å²) in [4.78, 5) is 16.2. The van der Waals surface area contributed by atoms with Crippen LogP contribution >= 0.6 is 11.8 Å². The molecule has 0 bridgehead atoms. The third-order valence-electron chi connectivity index (χ3n) is 3.19. The monoisotopic (exact) mass is 343 g/mol. The summed E-state index contributed by atoms with van der Waals surface area (Å²) in [5.41, 5.74) is 1.12. The first-order valence-corrected chi connectivity index (χ1v) is 8.59. The maximum atomic E-state index is 12.1. The van der Waals surface area contributed by atoms with Crippen LogP contribution in [0.2, 0.25) is 0 Å². The second-order valence-electron chi connectivity index (χ2n) is 5.13. The summed E-state index contributed by atoms with van der Waals surface area (Å²) >= 11 is 1.43. The zero-order valence-corrected chi connectivity index (χ0v) is 14.0. The molecule has 0 aliphatic rings. The largest absolute Gasteiger partial charge is 0.340 e. The van der Waals surface area contributed by atoms with Gasteiger partial charge in [-0.3, -0.25) is 4.79 Å². The van der Waals surface area contributed by atoms with E-state index in [9.17, 15) is 4.79 Å². The molecule has 0 aliphatic carbocycles. The highest BCUT2D eigenvalue weighted by Crippen LogP contribution is 2.13. The average molecular weight is 343 g/mol. The Balaban J connectivity index is 1.50. The standard InChI is InChI=1S/C16H17N5O2S/c1-12-18-14(20-23-12)10-24-11-16(22)19-15-7-8-17-21(15)9-13-5-3-2-4-6-13/h2-8H,9-11H2,1H3,(H,19,22). The predicted molar refractivity (Wildman–Crippen MR) is 91.6 cm³/mol. The number of hydrogen-bond acceptors (Lipinski definition) is 6. The molecule has 3 aromatic rings. The highest BCUT2D eigenvalue weighted by molar-refractivity contribution is 7.99. The minimum atomic E-state index is -0.0879. The van der Waals surface area contributed by atoms with E-state index in [0.717, 1.165) is 5.56 Å². The van der Waals surface area contributed by atoms with Gasteiger partial charge in [0, 0.05) is 13.0 Å². The molecule has 124 valence electrons. The van der Waals surface area contributed by atoms with Crippen LogP contribution in [0.3, 0.4) is 0 Å². The molecule has 3 rings (SSSR count). The SMILES string of the molecule is Cc1nc(CSCC(=O)Nc2ccnn2Cc2ccccc2)no1. The molecule has 0 radical (unpaired) electrons. The van der Waals surface area contributed by atoms with Crippen molar-refractivity contribution in [2.24, 2.45) is 0 Å². The second-order valence-corrected chi connectivity index (χ2v) is 6.12. The number of rotatable bonds is 7. The summed E-state index contributed by atoms with van der Waals surface area (Å²) in [6.45, 7) is 2.35. The summed E-state index contributed by atoms with van der Waals surface area (Å²) in [6, 6.07) is 11.8. The third-order valence-corrected chi connectivity index (χ3v) is 4.12. The van der Waals surface area contributed by atoms with Crippen LogP contribution in [0.4, 0.5) is 5.82 Å². The smallest absolute Gasteiger partial charge is 0.235 e. The number of carbonyl (C=O) groups excluding carboxylic acids is 1. The van der Waals surface area contributed by atoms with Gasteiger partial charge in [-0.25, -0.2) is 4.68 Å². The Labute approximate surface area is 143 Å². The van der Waals surface area contributed by atoms with Gasteiger partial charge in [0.2, 0.25) is 11.8 Å². The number of benzene rings is 1. The van der Waals surface area contributed by atoms with E-state index in [-0.39, 0.29) is 5.91 Å². The van der Waals surface area contributed by atoms with Gasteiger partial charge in [-0.2, -0.15) is 10.1 Å². The van der Waals surface area contributed by atoms with Crippen LogP contribution in [0.5, 0.6) is 0 Å². The summed E-state index contributed by atoms with van der Waals surface area (Å²) in [6.07, 6.45) is 1.67. The number of hydrogen-bond donors (Lipinski definition) is 1. The number of aryl methyl sites for hydroxylation is 1. The number of thioether (sulfide) groups is 1. The van der Waals surface area contributed by atoms with Gasteiger partial charge < -0.3 is 9.84 Å². The van der Waals surface area contributed by atoms with Crippen molar-refractivity contribution in [3.8, 4) is 0 Å². The molecule has 24 heavy (non-hydrogen) atoms. The van der Waals surface area contributed by atoms with Crippen molar-refractivity contribution in [2.45, 2.75) is 19.2 Å². The van der Waals surface area contributed by atoms with E-state index in [1.165, 1.54) is 11.8 Å². The minimum absolute atomic E-state index is 0.0879. The van der Waals surface area contributed by atoms with Gasteiger partial charge in [0.15, 0.2) is 5.82 Å². The van der Waals surface area contributed by atoms with E-state index in [0.29, 0.717) is 35.6 Å². The lowest BCUT2D eigenvalue weighted by Gasteiger charge is -2.09. The molecule has 2 heterocycles. The lowest BCUT2D eigenvalue weighted by molar-refractivity contribution is -0.113. The van der Waals surface area contributed by atoms with Crippen LogP contribution < -0.4 is 5.32 Å². The van der Waals surface area contributed by atoms with Gasteiger partial charge in [-0.1, -0.05) is 35.5 Å².